The molecule has 2 N–H and O–H groups in total. The largest absolute Gasteiger partial charge is 0.504 e. The van der Waals surface area contributed by atoms with Gasteiger partial charge in [-0.2, -0.15) is 0 Å². The molecular formula is C18H27NO4. The number of phenolic OH excluding ortho intramolecular Hbond substituents is 1. The molecule has 5 heteroatoms. The molecule has 1 aliphatic heterocycles. The van der Waals surface area contributed by atoms with Crippen LogP contribution in [-0.2, 0) is 16.1 Å². The third-order valence-corrected chi connectivity index (χ3v) is 4.16. The molecule has 0 saturated carbocycles. The summed E-state index contributed by atoms with van der Waals surface area (Å²) in [6, 6.07) is 5.07. The van der Waals surface area contributed by atoms with Crippen molar-refractivity contribution in [1.29, 1.82) is 0 Å². The Hall–Kier alpha value is -1.75. The molecule has 0 aliphatic carbocycles. The highest BCUT2D eigenvalue weighted by atomic mass is 16.6. The summed E-state index contributed by atoms with van der Waals surface area (Å²) in [7, 11) is 1.50. The zero-order valence-electron chi connectivity index (χ0n) is 14.2. The summed E-state index contributed by atoms with van der Waals surface area (Å²) in [5, 5.41) is 12.4. The standard InChI is InChI=1S/C18H27NO4/c1-12(2)18-15(23-18)6-4-5-7-17(21)19-11-13-8-9-14(20)16(10-13)22-3/h8-10,12,15,18,20H,4-7,11H2,1-3H3,(H,19,21). The van der Waals surface area contributed by atoms with E-state index in [2.05, 4.69) is 19.2 Å². The van der Waals surface area contributed by atoms with Crippen LogP contribution in [0.3, 0.4) is 0 Å². The van der Waals surface area contributed by atoms with Crippen molar-refractivity contribution in [2.75, 3.05) is 7.11 Å². The van der Waals surface area contributed by atoms with Gasteiger partial charge in [0.25, 0.3) is 0 Å². The van der Waals surface area contributed by atoms with Gasteiger partial charge in [-0.05, 0) is 36.5 Å². The van der Waals surface area contributed by atoms with Crippen LogP contribution >= 0.6 is 0 Å². The van der Waals surface area contributed by atoms with Gasteiger partial charge in [0, 0.05) is 13.0 Å². The molecule has 2 atom stereocenters. The molecule has 1 fully saturated rings. The second-order valence-electron chi connectivity index (χ2n) is 6.41. The normalized spacial score (nSPS) is 19.7. The molecule has 0 bridgehead atoms. The zero-order chi connectivity index (χ0) is 16.8. The Morgan fingerprint density at radius 1 is 1.39 bits per heavy atom. The van der Waals surface area contributed by atoms with E-state index in [1.807, 2.05) is 0 Å². The maximum atomic E-state index is 11.8. The first-order chi connectivity index (χ1) is 11.0. The summed E-state index contributed by atoms with van der Waals surface area (Å²) in [5.41, 5.74) is 0.902. The monoisotopic (exact) mass is 321 g/mol. The Balaban J connectivity index is 1.60. The minimum Gasteiger partial charge on any atom is -0.504 e. The van der Waals surface area contributed by atoms with Crippen LogP contribution in [0.2, 0.25) is 0 Å². The van der Waals surface area contributed by atoms with E-state index in [9.17, 15) is 9.90 Å². The lowest BCUT2D eigenvalue weighted by Gasteiger charge is -2.08. The number of phenols is 1. The van der Waals surface area contributed by atoms with Crippen molar-refractivity contribution >= 4 is 5.91 Å². The number of methoxy groups -OCH3 is 1. The highest BCUT2D eigenvalue weighted by molar-refractivity contribution is 5.75. The van der Waals surface area contributed by atoms with Crippen LogP contribution in [-0.4, -0.2) is 30.3 Å². The van der Waals surface area contributed by atoms with Gasteiger partial charge in [0.05, 0.1) is 19.3 Å². The quantitative estimate of drug-likeness (QED) is 0.542. The number of aromatic hydroxyl groups is 1. The molecule has 1 aliphatic rings. The summed E-state index contributed by atoms with van der Waals surface area (Å²) in [6.07, 6.45) is 4.32. The minimum atomic E-state index is 0.0502. The van der Waals surface area contributed by atoms with Gasteiger partial charge in [-0.15, -0.1) is 0 Å². The van der Waals surface area contributed by atoms with Crippen LogP contribution in [0.15, 0.2) is 18.2 Å². The number of carbonyl (C=O) groups excluding carboxylic acids is 1. The number of hydrogen-bond donors (Lipinski definition) is 2. The van der Waals surface area contributed by atoms with Crippen molar-refractivity contribution < 1.29 is 19.4 Å². The van der Waals surface area contributed by atoms with E-state index in [1.54, 1.807) is 18.2 Å². The van der Waals surface area contributed by atoms with Crippen LogP contribution in [0.25, 0.3) is 0 Å². The lowest BCUT2D eigenvalue weighted by molar-refractivity contribution is -0.121. The molecule has 0 radical (unpaired) electrons. The average molecular weight is 321 g/mol. The summed E-state index contributed by atoms with van der Waals surface area (Å²) in [6.45, 7) is 4.80. The molecule has 23 heavy (non-hydrogen) atoms. The maximum absolute atomic E-state index is 11.8. The van der Waals surface area contributed by atoms with Gasteiger partial charge in [0.2, 0.25) is 5.91 Å². The van der Waals surface area contributed by atoms with Gasteiger partial charge in [-0.25, -0.2) is 0 Å². The third-order valence-electron chi connectivity index (χ3n) is 4.16. The zero-order valence-corrected chi connectivity index (χ0v) is 14.2. The van der Waals surface area contributed by atoms with E-state index in [0.29, 0.717) is 36.8 Å². The third kappa shape index (κ3) is 5.43. The van der Waals surface area contributed by atoms with Gasteiger partial charge in [-0.1, -0.05) is 26.3 Å². The number of hydrogen-bond acceptors (Lipinski definition) is 4. The molecule has 1 aromatic carbocycles. The maximum Gasteiger partial charge on any atom is 0.220 e. The van der Waals surface area contributed by atoms with Crippen molar-refractivity contribution in [3.63, 3.8) is 0 Å². The van der Waals surface area contributed by atoms with Gasteiger partial charge in [-0.3, -0.25) is 4.79 Å². The van der Waals surface area contributed by atoms with E-state index in [0.717, 1.165) is 24.8 Å². The molecule has 0 spiro atoms. The highest BCUT2D eigenvalue weighted by Gasteiger charge is 2.39. The molecule has 1 saturated heterocycles. The Labute approximate surface area is 138 Å². The number of ether oxygens (including phenoxy) is 2. The van der Waals surface area contributed by atoms with Gasteiger partial charge in [0.1, 0.15) is 0 Å². The molecule has 1 aromatic rings. The number of epoxide rings is 1. The van der Waals surface area contributed by atoms with Crippen LogP contribution in [0, 0.1) is 5.92 Å². The fraction of sp³-hybridized carbons (Fsp3) is 0.611. The number of rotatable bonds is 9. The molecule has 1 amide bonds. The Morgan fingerprint density at radius 3 is 2.83 bits per heavy atom. The number of nitrogens with one attached hydrogen (secondary N) is 1. The van der Waals surface area contributed by atoms with Crippen molar-refractivity contribution in [2.45, 2.75) is 58.3 Å². The smallest absolute Gasteiger partial charge is 0.220 e. The van der Waals surface area contributed by atoms with Gasteiger partial charge < -0.3 is 19.9 Å². The Bertz CT molecular complexity index is 530. The van der Waals surface area contributed by atoms with Gasteiger partial charge in [0.15, 0.2) is 11.5 Å². The molecule has 2 rings (SSSR count). The Morgan fingerprint density at radius 2 is 2.17 bits per heavy atom. The first kappa shape index (κ1) is 17.6. The molecule has 0 aromatic heterocycles. The lowest BCUT2D eigenvalue weighted by Crippen LogP contribution is -2.22. The lowest BCUT2D eigenvalue weighted by atomic mass is 10.0. The minimum absolute atomic E-state index is 0.0502. The average Bonchev–Trinajstić information content (AvgIpc) is 3.30. The van der Waals surface area contributed by atoms with E-state index in [-0.39, 0.29) is 11.7 Å². The fourth-order valence-electron chi connectivity index (χ4n) is 2.73. The van der Waals surface area contributed by atoms with E-state index >= 15 is 0 Å². The van der Waals surface area contributed by atoms with Crippen molar-refractivity contribution in [3.05, 3.63) is 23.8 Å². The second-order valence-corrected chi connectivity index (χ2v) is 6.41. The predicted octanol–water partition coefficient (Wildman–Crippen LogP) is 3.00. The number of carbonyl (C=O) groups is 1. The number of amides is 1. The van der Waals surface area contributed by atoms with E-state index < -0.39 is 0 Å². The fourth-order valence-corrected chi connectivity index (χ4v) is 2.73. The van der Waals surface area contributed by atoms with Crippen LogP contribution in [0.1, 0.15) is 45.1 Å². The van der Waals surface area contributed by atoms with Crippen molar-refractivity contribution in [3.8, 4) is 11.5 Å². The van der Waals surface area contributed by atoms with Gasteiger partial charge >= 0.3 is 0 Å². The summed E-state index contributed by atoms with van der Waals surface area (Å²) < 4.78 is 10.6. The second kappa shape index (κ2) is 8.20. The molecular weight excluding hydrogens is 294 g/mol. The SMILES string of the molecule is COc1cc(CNC(=O)CCCCC2OC2C(C)C)ccc1O. The first-order valence-electron chi connectivity index (χ1n) is 8.29. The van der Waals surface area contributed by atoms with Crippen molar-refractivity contribution in [1.82, 2.24) is 5.32 Å². The summed E-state index contributed by atoms with van der Waals surface area (Å²) >= 11 is 0. The van der Waals surface area contributed by atoms with Crippen LogP contribution in [0.5, 0.6) is 11.5 Å². The number of unbranched alkanes of at least 4 members (excludes halogenated alkanes) is 1. The molecule has 5 nitrogen and oxygen atoms in total. The number of benzene rings is 1. The van der Waals surface area contributed by atoms with Crippen LogP contribution in [0.4, 0.5) is 0 Å². The predicted molar refractivity (Wildman–Crippen MR) is 88.5 cm³/mol. The molecule has 2 unspecified atom stereocenters. The van der Waals surface area contributed by atoms with Crippen molar-refractivity contribution in [2.24, 2.45) is 5.92 Å². The molecule has 1 heterocycles. The van der Waals surface area contributed by atoms with Crippen LogP contribution < -0.4 is 10.1 Å². The Kier molecular flexibility index (Phi) is 6.28. The highest BCUT2D eigenvalue weighted by Crippen LogP contribution is 2.33. The topological polar surface area (TPSA) is 71.1 Å². The summed E-state index contributed by atoms with van der Waals surface area (Å²) in [4.78, 5) is 11.8. The molecule has 128 valence electrons. The van der Waals surface area contributed by atoms with E-state index in [4.69, 9.17) is 9.47 Å². The van der Waals surface area contributed by atoms with E-state index in [1.165, 1.54) is 7.11 Å². The summed E-state index contributed by atoms with van der Waals surface area (Å²) in [5.74, 6) is 1.16. The first-order valence-corrected chi connectivity index (χ1v) is 8.29.